The van der Waals surface area contributed by atoms with Gasteiger partial charge in [-0.05, 0) is 37.3 Å². The van der Waals surface area contributed by atoms with Gasteiger partial charge in [-0.3, -0.25) is 4.79 Å². The first-order valence-electron chi connectivity index (χ1n) is 6.82. The second-order valence-electron chi connectivity index (χ2n) is 4.97. The zero-order valence-electron chi connectivity index (χ0n) is 12.2. The van der Waals surface area contributed by atoms with Crippen LogP contribution < -0.4 is 10.1 Å². The van der Waals surface area contributed by atoms with Crippen LogP contribution in [0.1, 0.15) is 16.1 Å². The van der Waals surface area contributed by atoms with Crippen LogP contribution >= 0.6 is 0 Å². The second-order valence-corrected chi connectivity index (χ2v) is 4.97. The summed E-state index contributed by atoms with van der Waals surface area (Å²) in [6, 6.07) is 11.7. The van der Waals surface area contributed by atoms with E-state index in [2.05, 4.69) is 10.3 Å². The Morgan fingerprint density at radius 2 is 1.91 bits per heavy atom. The van der Waals surface area contributed by atoms with Crippen LogP contribution in [0.15, 0.2) is 42.5 Å². The van der Waals surface area contributed by atoms with Gasteiger partial charge in [0.2, 0.25) is 0 Å². The Balaban J connectivity index is 1.95. The van der Waals surface area contributed by atoms with E-state index in [9.17, 15) is 9.18 Å². The van der Waals surface area contributed by atoms with E-state index in [-0.39, 0.29) is 11.7 Å². The average Bonchev–Trinajstić information content (AvgIpc) is 2.86. The zero-order valence-corrected chi connectivity index (χ0v) is 12.2. The number of halogens is 1. The predicted octanol–water partition coefficient (Wildman–Crippen LogP) is 3.88. The molecule has 112 valence electrons. The molecule has 0 bridgehead atoms. The number of carbonyl (C=O) groups is 1. The molecule has 0 unspecified atom stereocenters. The summed E-state index contributed by atoms with van der Waals surface area (Å²) in [4.78, 5) is 15.4. The Bertz CT molecular complexity index is 838. The molecule has 3 rings (SSSR count). The van der Waals surface area contributed by atoms with E-state index >= 15 is 0 Å². The number of para-hydroxylation sites is 1. The number of H-pyrrole nitrogens is 1. The third kappa shape index (κ3) is 2.41. The van der Waals surface area contributed by atoms with Crippen molar-refractivity contribution >= 4 is 22.5 Å². The summed E-state index contributed by atoms with van der Waals surface area (Å²) in [5.41, 5.74) is 2.08. The summed E-state index contributed by atoms with van der Waals surface area (Å²) in [6.45, 7) is 1.75. The maximum absolute atomic E-state index is 13.8. The van der Waals surface area contributed by atoms with E-state index in [4.69, 9.17) is 4.74 Å². The third-order valence-electron chi connectivity index (χ3n) is 3.55. The summed E-state index contributed by atoms with van der Waals surface area (Å²) in [5, 5.41) is 3.38. The Morgan fingerprint density at radius 1 is 1.18 bits per heavy atom. The minimum absolute atomic E-state index is 0.278. The number of carbonyl (C=O) groups excluding carboxylic acids is 1. The van der Waals surface area contributed by atoms with Crippen molar-refractivity contribution < 1.29 is 13.9 Å². The average molecular weight is 298 g/mol. The van der Waals surface area contributed by atoms with Gasteiger partial charge >= 0.3 is 0 Å². The first kappa shape index (κ1) is 14.1. The molecule has 0 atom stereocenters. The van der Waals surface area contributed by atoms with E-state index in [0.717, 1.165) is 0 Å². The molecule has 1 aromatic heterocycles. The summed E-state index contributed by atoms with van der Waals surface area (Å²) in [7, 11) is 1.58. The molecule has 3 aromatic rings. The number of methoxy groups -OCH3 is 1. The van der Waals surface area contributed by atoms with Crippen LogP contribution in [0.5, 0.6) is 5.75 Å². The molecule has 4 nitrogen and oxygen atoms in total. The summed E-state index contributed by atoms with van der Waals surface area (Å²) in [6.07, 6.45) is 0. The number of anilines is 1. The number of benzene rings is 2. The monoisotopic (exact) mass is 298 g/mol. The van der Waals surface area contributed by atoms with Gasteiger partial charge in [0.15, 0.2) is 0 Å². The Morgan fingerprint density at radius 3 is 2.59 bits per heavy atom. The fourth-order valence-corrected chi connectivity index (χ4v) is 2.47. The zero-order chi connectivity index (χ0) is 15.7. The summed E-state index contributed by atoms with van der Waals surface area (Å²) >= 11 is 0. The van der Waals surface area contributed by atoms with Crippen molar-refractivity contribution in [2.24, 2.45) is 0 Å². The van der Waals surface area contributed by atoms with E-state index in [0.29, 0.717) is 33.6 Å². The number of aryl methyl sites for hydroxylation is 1. The number of ether oxygens (including phenoxy) is 1. The highest BCUT2D eigenvalue weighted by atomic mass is 19.1. The second kappa shape index (κ2) is 5.52. The smallest absolute Gasteiger partial charge is 0.258 e. The highest BCUT2D eigenvalue weighted by Gasteiger charge is 2.17. The quantitative estimate of drug-likeness (QED) is 0.771. The van der Waals surface area contributed by atoms with E-state index in [1.165, 1.54) is 6.07 Å². The molecule has 1 heterocycles. The van der Waals surface area contributed by atoms with Gasteiger partial charge in [-0.25, -0.2) is 4.39 Å². The van der Waals surface area contributed by atoms with Gasteiger partial charge in [0.1, 0.15) is 11.6 Å². The van der Waals surface area contributed by atoms with Crippen LogP contribution in [-0.2, 0) is 0 Å². The Labute approximate surface area is 126 Å². The van der Waals surface area contributed by atoms with Gasteiger partial charge in [0.05, 0.1) is 18.2 Å². The molecule has 2 N–H and O–H groups in total. The number of aromatic nitrogens is 1. The van der Waals surface area contributed by atoms with Crippen LogP contribution in [0.2, 0.25) is 0 Å². The lowest BCUT2D eigenvalue weighted by Crippen LogP contribution is -2.12. The van der Waals surface area contributed by atoms with Crippen LogP contribution in [0, 0.1) is 12.7 Å². The topological polar surface area (TPSA) is 54.1 Å². The van der Waals surface area contributed by atoms with Crippen molar-refractivity contribution in [1.82, 2.24) is 4.98 Å². The highest BCUT2D eigenvalue weighted by molar-refractivity contribution is 6.14. The summed E-state index contributed by atoms with van der Waals surface area (Å²) in [5.74, 6) is 0.0620. The van der Waals surface area contributed by atoms with Gasteiger partial charge in [-0.2, -0.15) is 0 Å². The van der Waals surface area contributed by atoms with Crippen molar-refractivity contribution in [3.05, 3.63) is 59.5 Å². The number of fused-ring (bicyclic) bond motifs is 1. The Kier molecular flexibility index (Phi) is 3.55. The minimum atomic E-state index is -0.371. The molecular weight excluding hydrogens is 283 g/mol. The van der Waals surface area contributed by atoms with Crippen molar-refractivity contribution in [2.45, 2.75) is 6.92 Å². The lowest BCUT2D eigenvalue weighted by atomic mass is 10.1. The predicted molar refractivity (Wildman–Crippen MR) is 83.9 cm³/mol. The summed E-state index contributed by atoms with van der Waals surface area (Å²) < 4.78 is 18.9. The van der Waals surface area contributed by atoms with Crippen molar-refractivity contribution in [3.63, 3.8) is 0 Å². The van der Waals surface area contributed by atoms with Crippen LogP contribution in [0.3, 0.4) is 0 Å². The van der Waals surface area contributed by atoms with Crippen molar-refractivity contribution in [2.75, 3.05) is 12.4 Å². The maximum Gasteiger partial charge on any atom is 0.258 e. The van der Waals surface area contributed by atoms with Crippen LogP contribution in [0.25, 0.3) is 10.9 Å². The highest BCUT2D eigenvalue weighted by Crippen LogP contribution is 2.25. The largest absolute Gasteiger partial charge is 0.497 e. The molecule has 0 fully saturated rings. The van der Waals surface area contributed by atoms with E-state index < -0.39 is 0 Å². The first-order chi connectivity index (χ1) is 10.6. The Hall–Kier alpha value is -2.82. The van der Waals surface area contributed by atoms with Gasteiger partial charge in [-0.1, -0.05) is 12.1 Å². The third-order valence-corrected chi connectivity index (χ3v) is 3.55. The first-order valence-corrected chi connectivity index (χ1v) is 6.82. The fourth-order valence-electron chi connectivity index (χ4n) is 2.47. The number of hydrogen-bond donors (Lipinski definition) is 2. The molecule has 0 aliphatic heterocycles. The molecule has 0 aliphatic carbocycles. The normalized spacial score (nSPS) is 10.7. The fraction of sp³-hybridized carbons (Fsp3) is 0.118. The molecular formula is C17H15FN2O2. The van der Waals surface area contributed by atoms with E-state index in [1.807, 2.05) is 0 Å². The minimum Gasteiger partial charge on any atom is -0.497 e. The van der Waals surface area contributed by atoms with E-state index in [1.54, 1.807) is 50.4 Å². The molecule has 0 saturated heterocycles. The number of aromatic amines is 1. The van der Waals surface area contributed by atoms with Gasteiger partial charge in [0, 0.05) is 16.8 Å². The standard InChI is InChI=1S/C17H15FN2O2/c1-10-15(13-4-3-5-14(18)16(13)19-10)17(21)20-11-6-8-12(22-2)9-7-11/h3-9,19H,1-2H3,(H,20,21). The molecule has 22 heavy (non-hydrogen) atoms. The van der Waals surface area contributed by atoms with Gasteiger partial charge in [-0.15, -0.1) is 0 Å². The molecule has 0 aliphatic rings. The van der Waals surface area contributed by atoms with Crippen molar-refractivity contribution in [3.8, 4) is 5.75 Å². The van der Waals surface area contributed by atoms with Crippen LogP contribution in [0.4, 0.5) is 10.1 Å². The number of amides is 1. The maximum atomic E-state index is 13.8. The molecule has 5 heteroatoms. The van der Waals surface area contributed by atoms with Gasteiger partial charge < -0.3 is 15.0 Å². The van der Waals surface area contributed by atoms with Crippen LogP contribution in [-0.4, -0.2) is 18.0 Å². The number of rotatable bonds is 3. The lowest BCUT2D eigenvalue weighted by Gasteiger charge is -2.06. The molecule has 1 amide bonds. The SMILES string of the molecule is COc1ccc(NC(=O)c2c(C)[nH]c3c(F)cccc23)cc1. The lowest BCUT2D eigenvalue weighted by molar-refractivity contribution is 0.102. The molecule has 0 radical (unpaired) electrons. The van der Waals surface area contributed by atoms with Crippen molar-refractivity contribution in [1.29, 1.82) is 0 Å². The number of nitrogens with one attached hydrogen (secondary N) is 2. The molecule has 0 saturated carbocycles. The number of hydrogen-bond acceptors (Lipinski definition) is 2. The van der Waals surface area contributed by atoms with Gasteiger partial charge in [0.25, 0.3) is 5.91 Å². The molecule has 0 spiro atoms. The molecule has 2 aromatic carbocycles.